The largest absolute Gasteiger partial charge is 0.346 e. The number of nitrogens with zero attached hydrogens (tertiary/aromatic N) is 1. The Kier molecular flexibility index (Phi) is 4.06. The maximum Gasteiger partial charge on any atom is 0.346 e. The van der Waals surface area contributed by atoms with Crippen LogP contribution in [0.2, 0.25) is 0 Å². The lowest BCUT2D eigenvalue weighted by molar-refractivity contribution is 0.363. The monoisotopic (exact) mass is 281 g/mol. The maximum absolute atomic E-state index is 11.0. The molecule has 1 unspecified atom stereocenters. The first kappa shape index (κ1) is 14.3. The standard InChI is InChI=1S/C8H12NO6PS/c1-6-2-3-7(5-9-6)4-8(16(10,11)12)17(13,14)15/h2-3,5,8H,4H2,1H3,(H2,10,11,12)(H,13,14,15). The Hall–Kier alpha value is -0.790. The highest BCUT2D eigenvalue weighted by atomic mass is 32.2. The molecule has 1 aromatic heterocycles. The summed E-state index contributed by atoms with van der Waals surface area (Å²) in [6, 6.07) is 3.08. The van der Waals surface area contributed by atoms with Gasteiger partial charge in [-0.15, -0.1) is 0 Å². The summed E-state index contributed by atoms with van der Waals surface area (Å²) >= 11 is 0. The highest BCUT2D eigenvalue weighted by Crippen LogP contribution is 2.45. The normalized spacial score (nSPS) is 14.6. The zero-order chi connectivity index (χ0) is 13.3. The number of aryl methyl sites for hydroxylation is 1. The molecule has 1 rings (SSSR count). The molecule has 0 radical (unpaired) electrons. The molecule has 17 heavy (non-hydrogen) atoms. The minimum atomic E-state index is -4.94. The van der Waals surface area contributed by atoms with Gasteiger partial charge in [0, 0.05) is 18.3 Å². The summed E-state index contributed by atoms with van der Waals surface area (Å²) in [6.07, 6.45) is 0.819. The summed E-state index contributed by atoms with van der Waals surface area (Å²) in [6.45, 7) is 1.72. The fourth-order valence-electron chi connectivity index (χ4n) is 1.22. The van der Waals surface area contributed by atoms with Crippen molar-refractivity contribution in [2.75, 3.05) is 0 Å². The number of rotatable bonds is 4. The second kappa shape index (κ2) is 4.83. The SMILES string of the molecule is Cc1ccc(CC(P(=O)(O)O)S(=O)(=O)O)cn1. The van der Waals surface area contributed by atoms with Crippen LogP contribution in [0.15, 0.2) is 18.3 Å². The Morgan fingerprint density at radius 2 is 2.00 bits per heavy atom. The predicted molar refractivity (Wildman–Crippen MR) is 60.1 cm³/mol. The van der Waals surface area contributed by atoms with Crippen molar-refractivity contribution >= 4 is 17.7 Å². The molecule has 3 N–H and O–H groups in total. The van der Waals surface area contributed by atoms with E-state index in [1.807, 2.05) is 0 Å². The molecule has 1 aromatic rings. The van der Waals surface area contributed by atoms with Gasteiger partial charge in [-0.3, -0.25) is 14.1 Å². The third-order valence-corrected chi connectivity index (χ3v) is 5.51. The van der Waals surface area contributed by atoms with E-state index in [4.69, 9.17) is 14.3 Å². The average Bonchev–Trinajstić information content (AvgIpc) is 2.13. The van der Waals surface area contributed by atoms with Gasteiger partial charge in [-0.25, -0.2) is 0 Å². The molecule has 9 heteroatoms. The first-order chi connectivity index (χ1) is 7.60. The van der Waals surface area contributed by atoms with E-state index in [9.17, 15) is 13.0 Å². The van der Waals surface area contributed by atoms with Gasteiger partial charge >= 0.3 is 7.60 Å². The molecule has 1 atom stereocenters. The lowest BCUT2D eigenvalue weighted by Crippen LogP contribution is -2.23. The molecule has 0 bridgehead atoms. The van der Waals surface area contributed by atoms with E-state index in [0.29, 0.717) is 11.3 Å². The first-order valence-electron chi connectivity index (χ1n) is 4.54. The molecular formula is C8H12NO6PS. The van der Waals surface area contributed by atoms with Crippen molar-refractivity contribution < 1.29 is 27.3 Å². The third kappa shape index (κ3) is 4.18. The lowest BCUT2D eigenvalue weighted by Gasteiger charge is -2.15. The van der Waals surface area contributed by atoms with Gasteiger partial charge in [0.1, 0.15) is 0 Å². The van der Waals surface area contributed by atoms with Gasteiger partial charge in [-0.2, -0.15) is 8.42 Å². The van der Waals surface area contributed by atoms with Gasteiger partial charge in [0.2, 0.25) is 0 Å². The van der Waals surface area contributed by atoms with Gasteiger partial charge in [0.15, 0.2) is 4.99 Å². The van der Waals surface area contributed by atoms with Crippen LogP contribution >= 0.6 is 7.60 Å². The van der Waals surface area contributed by atoms with Crippen molar-refractivity contribution in [1.29, 1.82) is 0 Å². The van der Waals surface area contributed by atoms with Crippen LogP contribution < -0.4 is 0 Å². The zero-order valence-electron chi connectivity index (χ0n) is 8.89. The Morgan fingerprint density at radius 1 is 1.41 bits per heavy atom. The number of hydrogen-bond acceptors (Lipinski definition) is 4. The number of hydrogen-bond donors (Lipinski definition) is 3. The van der Waals surface area contributed by atoms with Crippen LogP contribution in [0.5, 0.6) is 0 Å². The third-order valence-electron chi connectivity index (χ3n) is 2.10. The molecule has 0 fully saturated rings. The summed E-state index contributed by atoms with van der Waals surface area (Å²) in [5.41, 5.74) is 1.01. The molecule has 0 aliphatic rings. The van der Waals surface area contributed by atoms with Crippen LogP contribution in [0.1, 0.15) is 11.3 Å². The molecule has 0 saturated carbocycles. The van der Waals surface area contributed by atoms with E-state index in [1.165, 1.54) is 12.3 Å². The first-order valence-corrected chi connectivity index (χ1v) is 7.72. The van der Waals surface area contributed by atoms with Crippen molar-refractivity contribution in [2.45, 2.75) is 18.3 Å². The molecule has 0 aliphatic heterocycles. The van der Waals surface area contributed by atoms with Crippen LogP contribution in [-0.4, -0.2) is 32.7 Å². The van der Waals surface area contributed by atoms with E-state index in [-0.39, 0.29) is 0 Å². The van der Waals surface area contributed by atoms with Crippen LogP contribution in [0.25, 0.3) is 0 Å². The van der Waals surface area contributed by atoms with Crippen molar-refractivity contribution in [3.05, 3.63) is 29.6 Å². The Balaban J connectivity index is 3.04. The van der Waals surface area contributed by atoms with E-state index in [1.54, 1.807) is 13.0 Å². The molecular weight excluding hydrogens is 269 g/mol. The van der Waals surface area contributed by atoms with Crippen LogP contribution in [0.4, 0.5) is 0 Å². The smallest absolute Gasteiger partial charge is 0.323 e. The number of aromatic nitrogens is 1. The van der Waals surface area contributed by atoms with Crippen molar-refractivity contribution in [2.24, 2.45) is 0 Å². The highest BCUT2D eigenvalue weighted by molar-refractivity contribution is 7.93. The summed E-state index contributed by atoms with van der Waals surface area (Å²) in [5.74, 6) is 0. The molecule has 1 heterocycles. The fourth-order valence-corrected chi connectivity index (χ4v) is 3.46. The van der Waals surface area contributed by atoms with E-state index in [0.717, 1.165) is 0 Å². The molecule has 0 aliphatic carbocycles. The topological polar surface area (TPSA) is 125 Å². The van der Waals surface area contributed by atoms with Crippen LogP contribution in [0.3, 0.4) is 0 Å². The van der Waals surface area contributed by atoms with E-state index >= 15 is 0 Å². The zero-order valence-corrected chi connectivity index (χ0v) is 10.6. The molecule has 0 amide bonds. The van der Waals surface area contributed by atoms with Gasteiger partial charge in [0.25, 0.3) is 10.1 Å². The Morgan fingerprint density at radius 3 is 2.35 bits per heavy atom. The lowest BCUT2D eigenvalue weighted by atomic mass is 10.2. The molecule has 0 spiro atoms. The predicted octanol–water partition coefficient (Wildman–Crippen LogP) is 0.324. The quantitative estimate of drug-likeness (QED) is 0.536. The van der Waals surface area contributed by atoms with Gasteiger partial charge in [0.05, 0.1) is 0 Å². The summed E-state index contributed by atoms with van der Waals surface area (Å²) in [7, 11) is -9.76. The fraction of sp³-hybridized carbons (Fsp3) is 0.375. The second-order valence-corrected chi connectivity index (χ2v) is 7.32. The van der Waals surface area contributed by atoms with E-state index in [2.05, 4.69) is 4.98 Å². The van der Waals surface area contributed by atoms with Crippen molar-refractivity contribution in [3.63, 3.8) is 0 Å². The van der Waals surface area contributed by atoms with Gasteiger partial charge in [-0.1, -0.05) is 6.07 Å². The van der Waals surface area contributed by atoms with Crippen molar-refractivity contribution in [3.8, 4) is 0 Å². The summed E-state index contributed by atoms with van der Waals surface area (Å²) in [4.78, 5) is 19.5. The minimum Gasteiger partial charge on any atom is -0.323 e. The van der Waals surface area contributed by atoms with Gasteiger partial charge in [-0.05, 0) is 18.6 Å². The highest BCUT2D eigenvalue weighted by Gasteiger charge is 2.39. The maximum atomic E-state index is 11.0. The summed E-state index contributed by atoms with van der Waals surface area (Å²) < 4.78 is 41.6. The summed E-state index contributed by atoms with van der Waals surface area (Å²) in [5, 5.41) is 0. The van der Waals surface area contributed by atoms with Crippen LogP contribution in [-0.2, 0) is 21.1 Å². The Bertz CT molecular complexity index is 534. The molecule has 7 nitrogen and oxygen atoms in total. The molecule has 96 valence electrons. The molecule has 0 saturated heterocycles. The van der Waals surface area contributed by atoms with Crippen molar-refractivity contribution in [1.82, 2.24) is 4.98 Å². The Labute approximate surface area is 98.4 Å². The second-order valence-electron chi connectivity index (χ2n) is 3.57. The minimum absolute atomic E-state index is 0.321. The average molecular weight is 281 g/mol. The molecule has 0 aromatic carbocycles. The van der Waals surface area contributed by atoms with Gasteiger partial charge < -0.3 is 9.79 Å². The van der Waals surface area contributed by atoms with Crippen LogP contribution in [0, 0.1) is 6.92 Å². The van der Waals surface area contributed by atoms with E-state index < -0.39 is 29.1 Å². The number of pyridine rings is 1.